The van der Waals surface area contributed by atoms with Gasteiger partial charge < -0.3 is 9.73 Å². The molecular formula is C24H16Cl3N5O2S2. The molecule has 0 saturated carbocycles. The molecule has 182 valence electrons. The predicted octanol–water partition coefficient (Wildman–Crippen LogP) is 7.27. The maximum absolute atomic E-state index is 12.7. The van der Waals surface area contributed by atoms with Gasteiger partial charge in [-0.15, -0.1) is 21.5 Å². The molecule has 0 aliphatic heterocycles. The highest BCUT2D eigenvalue weighted by molar-refractivity contribution is 7.99. The van der Waals surface area contributed by atoms with Crippen molar-refractivity contribution < 1.29 is 9.21 Å². The third-order valence-electron chi connectivity index (χ3n) is 4.99. The van der Waals surface area contributed by atoms with Gasteiger partial charge in [0.15, 0.2) is 16.0 Å². The number of carbonyl (C=O) groups excluding carboxylic acids is 1. The fourth-order valence-corrected chi connectivity index (χ4v) is 5.47. The molecule has 0 unspecified atom stereocenters. The molecule has 0 fully saturated rings. The van der Waals surface area contributed by atoms with Gasteiger partial charge in [0.2, 0.25) is 11.7 Å². The zero-order chi connectivity index (χ0) is 25.1. The monoisotopic (exact) mass is 575 g/mol. The second-order valence-corrected chi connectivity index (χ2v) is 10.7. The Morgan fingerprint density at radius 2 is 1.89 bits per heavy atom. The number of aromatic nitrogens is 4. The average molecular weight is 577 g/mol. The third-order valence-corrected chi connectivity index (χ3v) is 7.94. The minimum Gasteiger partial charge on any atom is -0.461 e. The number of thioether (sulfide) groups is 1. The maximum Gasteiger partial charge on any atom is 0.236 e. The van der Waals surface area contributed by atoms with Gasteiger partial charge in [-0.3, -0.25) is 9.36 Å². The zero-order valence-corrected chi connectivity index (χ0v) is 22.2. The fraction of sp³-hybridized carbons (Fsp3) is 0.0833. The highest BCUT2D eigenvalue weighted by Crippen LogP contribution is 2.31. The number of rotatable bonds is 8. The molecule has 1 amide bonds. The van der Waals surface area contributed by atoms with Gasteiger partial charge in [0.25, 0.3) is 0 Å². The Hall–Kier alpha value is -2.82. The van der Waals surface area contributed by atoms with Crippen molar-refractivity contribution in [3.8, 4) is 17.3 Å². The van der Waals surface area contributed by atoms with Crippen molar-refractivity contribution in [3.63, 3.8) is 0 Å². The van der Waals surface area contributed by atoms with E-state index in [2.05, 4.69) is 20.5 Å². The second kappa shape index (κ2) is 11.1. The number of hydrogen-bond donors (Lipinski definition) is 1. The van der Waals surface area contributed by atoms with Gasteiger partial charge in [0.05, 0.1) is 22.1 Å². The van der Waals surface area contributed by atoms with Crippen molar-refractivity contribution in [2.75, 3.05) is 11.1 Å². The number of carbonyl (C=O) groups is 1. The van der Waals surface area contributed by atoms with Crippen LogP contribution in [0.5, 0.6) is 0 Å². The zero-order valence-electron chi connectivity index (χ0n) is 18.3. The first-order valence-electron chi connectivity index (χ1n) is 10.5. The maximum atomic E-state index is 12.7. The van der Waals surface area contributed by atoms with Crippen molar-refractivity contribution in [3.05, 3.63) is 92.6 Å². The average Bonchev–Trinajstić information content (AvgIpc) is 3.62. The molecule has 36 heavy (non-hydrogen) atoms. The Morgan fingerprint density at radius 1 is 1.06 bits per heavy atom. The molecule has 5 aromatic rings. The number of benzene rings is 2. The topological polar surface area (TPSA) is 85.8 Å². The lowest BCUT2D eigenvalue weighted by atomic mass is 10.1. The quantitative estimate of drug-likeness (QED) is 0.196. The molecule has 3 heterocycles. The lowest BCUT2D eigenvalue weighted by Gasteiger charge is -2.09. The van der Waals surface area contributed by atoms with Gasteiger partial charge in [0, 0.05) is 28.2 Å². The van der Waals surface area contributed by atoms with Crippen LogP contribution in [0.25, 0.3) is 17.3 Å². The minimum absolute atomic E-state index is 0.110. The fourth-order valence-electron chi connectivity index (χ4n) is 3.36. The van der Waals surface area contributed by atoms with Crippen LogP contribution >= 0.6 is 57.9 Å². The van der Waals surface area contributed by atoms with Gasteiger partial charge in [-0.2, -0.15) is 0 Å². The van der Waals surface area contributed by atoms with Crippen LogP contribution in [-0.4, -0.2) is 31.4 Å². The molecule has 0 aliphatic rings. The molecule has 2 aromatic carbocycles. The molecule has 0 radical (unpaired) electrons. The largest absolute Gasteiger partial charge is 0.461 e. The Morgan fingerprint density at radius 3 is 2.67 bits per heavy atom. The number of amides is 1. The molecule has 7 nitrogen and oxygen atoms in total. The number of nitrogens with one attached hydrogen (secondary N) is 1. The SMILES string of the molecule is O=C(CSc1nnc(-c2ccco2)n1-c1ccc(Cl)cc1)Nc1ncc(Cc2cccc(Cl)c2Cl)s1. The lowest BCUT2D eigenvalue weighted by molar-refractivity contribution is -0.113. The smallest absolute Gasteiger partial charge is 0.236 e. The molecule has 0 atom stereocenters. The lowest BCUT2D eigenvalue weighted by Crippen LogP contribution is -2.14. The Kier molecular flexibility index (Phi) is 7.64. The van der Waals surface area contributed by atoms with Crippen molar-refractivity contribution in [1.82, 2.24) is 19.7 Å². The van der Waals surface area contributed by atoms with Crippen LogP contribution in [0.3, 0.4) is 0 Å². The first-order valence-corrected chi connectivity index (χ1v) is 13.5. The molecule has 0 saturated heterocycles. The first-order chi connectivity index (χ1) is 17.5. The number of halogens is 3. The summed E-state index contributed by atoms with van der Waals surface area (Å²) in [5.41, 5.74) is 1.69. The molecule has 12 heteroatoms. The third kappa shape index (κ3) is 5.61. The van der Waals surface area contributed by atoms with E-state index in [1.165, 1.54) is 23.1 Å². The number of nitrogens with zero attached hydrogens (tertiary/aromatic N) is 4. The summed E-state index contributed by atoms with van der Waals surface area (Å²) >= 11 is 21.1. The predicted molar refractivity (Wildman–Crippen MR) is 145 cm³/mol. The number of anilines is 1. The van der Waals surface area contributed by atoms with Gasteiger partial charge in [-0.25, -0.2) is 4.98 Å². The molecule has 0 spiro atoms. The van der Waals surface area contributed by atoms with Gasteiger partial charge in [0.1, 0.15) is 0 Å². The van der Waals surface area contributed by atoms with Gasteiger partial charge in [-0.05, 0) is 48.0 Å². The highest BCUT2D eigenvalue weighted by Gasteiger charge is 2.19. The van der Waals surface area contributed by atoms with E-state index < -0.39 is 0 Å². The van der Waals surface area contributed by atoms with Crippen LogP contribution in [0.15, 0.2) is 76.6 Å². The van der Waals surface area contributed by atoms with Crippen LogP contribution in [0.2, 0.25) is 15.1 Å². The normalized spacial score (nSPS) is 11.1. The first kappa shape index (κ1) is 24.9. The highest BCUT2D eigenvalue weighted by atomic mass is 35.5. The summed E-state index contributed by atoms with van der Waals surface area (Å²) in [6.07, 6.45) is 3.86. The van der Waals surface area contributed by atoms with E-state index in [0.717, 1.165) is 16.1 Å². The van der Waals surface area contributed by atoms with Crippen molar-refractivity contribution in [2.45, 2.75) is 11.6 Å². The summed E-state index contributed by atoms with van der Waals surface area (Å²) in [6.45, 7) is 0. The van der Waals surface area contributed by atoms with Crippen LogP contribution in [-0.2, 0) is 11.2 Å². The Balaban J connectivity index is 1.27. The number of furan rings is 1. The summed E-state index contributed by atoms with van der Waals surface area (Å²) < 4.78 is 7.34. The van der Waals surface area contributed by atoms with Crippen molar-refractivity contribution in [2.24, 2.45) is 0 Å². The van der Waals surface area contributed by atoms with E-state index in [1.54, 1.807) is 42.8 Å². The van der Waals surface area contributed by atoms with Crippen LogP contribution in [0.1, 0.15) is 10.4 Å². The van der Waals surface area contributed by atoms with Crippen LogP contribution < -0.4 is 5.32 Å². The number of hydrogen-bond acceptors (Lipinski definition) is 7. The van der Waals surface area contributed by atoms with E-state index in [-0.39, 0.29) is 11.7 Å². The van der Waals surface area contributed by atoms with Gasteiger partial charge in [-0.1, -0.05) is 58.7 Å². The molecule has 5 rings (SSSR count). The minimum atomic E-state index is -0.216. The summed E-state index contributed by atoms with van der Waals surface area (Å²) in [6, 6.07) is 16.3. The molecule has 3 aromatic heterocycles. The van der Waals surface area contributed by atoms with Crippen molar-refractivity contribution >= 4 is 68.9 Å². The molecule has 0 aliphatic carbocycles. The Labute approximate surface area is 229 Å². The van der Waals surface area contributed by atoms with E-state index >= 15 is 0 Å². The molecule has 0 bridgehead atoms. The summed E-state index contributed by atoms with van der Waals surface area (Å²) in [5, 5.41) is 14.1. The number of thiazole rings is 1. The van der Waals surface area contributed by atoms with E-state index in [4.69, 9.17) is 39.2 Å². The van der Waals surface area contributed by atoms with Crippen LogP contribution in [0.4, 0.5) is 5.13 Å². The van der Waals surface area contributed by atoms with Gasteiger partial charge >= 0.3 is 0 Å². The van der Waals surface area contributed by atoms with E-state index in [1.807, 2.05) is 28.8 Å². The molecule has 1 N–H and O–H groups in total. The van der Waals surface area contributed by atoms with Crippen molar-refractivity contribution in [1.29, 1.82) is 0 Å². The second-order valence-electron chi connectivity index (χ2n) is 7.45. The standard InChI is InChI=1S/C24H16Cl3N5O2S2/c25-15-6-8-16(9-7-15)32-22(19-5-2-10-34-19)30-31-24(32)35-13-20(33)29-23-28-12-17(36-23)11-14-3-1-4-18(26)21(14)27/h1-10,12H,11,13H2,(H,28,29,33). The molecular weight excluding hydrogens is 561 g/mol. The van der Waals surface area contributed by atoms with E-state index in [0.29, 0.717) is 43.4 Å². The van der Waals surface area contributed by atoms with E-state index in [9.17, 15) is 4.79 Å². The summed E-state index contributed by atoms with van der Waals surface area (Å²) in [7, 11) is 0. The van der Waals surface area contributed by atoms with Crippen LogP contribution in [0, 0.1) is 0 Å². The summed E-state index contributed by atoms with van der Waals surface area (Å²) in [5.74, 6) is 0.976. The summed E-state index contributed by atoms with van der Waals surface area (Å²) in [4.78, 5) is 17.9. The Bertz CT molecular complexity index is 1500.